The predicted octanol–water partition coefficient (Wildman–Crippen LogP) is 2.50. The number of nitrogens with one attached hydrogen (secondary N) is 1. The monoisotopic (exact) mass is 314 g/mol. The third kappa shape index (κ3) is 3.60. The van der Waals surface area contributed by atoms with Crippen LogP contribution in [0.3, 0.4) is 0 Å². The molecule has 0 radical (unpaired) electrons. The summed E-state index contributed by atoms with van der Waals surface area (Å²) in [4.78, 5) is 25.7. The van der Waals surface area contributed by atoms with Crippen molar-refractivity contribution in [2.75, 3.05) is 31.4 Å². The van der Waals surface area contributed by atoms with Crippen LogP contribution < -0.4 is 10.2 Å². The maximum absolute atomic E-state index is 12.2. The number of anilines is 2. The highest BCUT2D eigenvalue weighted by Crippen LogP contribution is 2.28. The summed E-state index contributed by atoms with van der Waals surface area (Å²) in [6.07, 6.45) is 0. The Kier molecular flexibility index (Phi) is 4.85. The van der Waals surface area contributed by atoms with Gasteiger partial charge in [0.1, 0.15) is 5.56 Å². The maximum Gasteiger partial charge on any atom is 0.341 e. The molecule has 0 aliphatic carbocycles. The lowest BCUT2D eigenvalue weighted by molar-refractivity contribution is 0.0597. The number of amides is 1. The van der Waals surface area contributed by atoms with Gasteiger partial charge >= 0.3 is 5.97 Å². The number of benzene rings is 2. The van der Waals surface area contributed by atoms with Crippen LogP contribution in [0.15, 0.2) is 42.5 Å². The van der Waals surface area contributed by atoms with Crippen molar-refractivity contribution in [3.05, 3.63) is 53.6 Å². The molecule has 0 saturated heterocycles. The molecule has 0 aromatic heterocycles. The van der Waals surface area contributed by atoms with Gasteiger partial charge in [-0.3, -0.25) is 4.79 Å². The Morgan fingerprint density at radius 3 is 2.30 bits per heavy atom. The third-order valence-electron chi connectivity index (χ3n) is 3.34. The number of phenols is 1. The number of esters is 1. The van der Waals surface area contributed by atoms with Crippen LogP contribution in [0.25, 0.3) is 0 Å². The summed E-state index contributed by atoms with van der Waals surface area (Å²) >= 11 is 0. The number of methoxy groups -OCH3 is 1. The van der Waals surface area contributed by atoms with E-state index < -0.39 is 5.97 Å². The van der Waals surface area contributed by atoms with Gasteiger partial charge in [0.25, 0.3) is 5.91 Å². The van der Waals surface area contributed by atoms with Gasteiger partial charge in [0.05, 0.1) is 12.8 Å². The Hall–Kier alpha value is -3.02. The molecule has 0 aliphatic heterocycles. The maximum atomic E-state index is 12.2. The van der Waals surface area contributed by atoms with Gasteiger partial charge < -0.3 is 20.1 Å². The summed E-state index contributed by atoms with van der Waals surface area (Å²) in [7, 11) is 5.04. The minimum Gasteiger partial charge on any atom is -0.505 e. The molecule has 0 bridgehead atoms. The first kappa shape index (κ1) is 16.4. The van der Waals surface area contributed by atoms with Crippen LogP contribution in [0.4, 0.5) is 11.4 Å². The van der Waals surface area contributed by atoms with Gasteiger partial charge in [0, 0.05) is 25.3 Å². The fourth-order valence-corrected chi connectivity index (χ4v) is 2.02. The van der Waals surface area contributed by atoms with Gasteiger partial charge in [-0.2, -0.15) is 0 Å². The fraction of sp³-hybridized carbons (Fsp3) is 0.176. The fourth-order valence-electron chi connectivity index (χ4n) is 2.02. The van der Waals surface area contributed by atoms with Crippen molar-refractivity contribution in [3.63, 3.8) is 0 Å². The lowest BCUT2D eigenvalue weighted by Gasteiger charge is -2.13. The molecule has 6 nitrogen and oxygen atoms in total. The van der Waals surface area contributed by atoms with E-state index in [1.807, 2.05) is 31.1 Å². The number of rotatable bonds is 4. The van der Waals surface area contributed by atoms with E-state index in [4.69, 9.17) is 0 Å². The highest BCUT2D eigenvalue weighted by atomic mass is 16.5. The Balaban J connectivity index is 2.22. The molecule has 0 unspecified atom stereocenters. The van der Waals surface area contributed by atoms with Crippen molar-refractivity contribution in [2.45, 2.75) is 0 Å². The molecule has 0 fully saturated rings. The van der Waals surface area contributed by atoms with E-state index in [-0.39, 0.29) is 22.9 Å². The number of phenolic OH excluding ortho intramolecular Hbond substituents is 1. The number of para-hydroxylation sites is 1. The summed E-state index contributed by atoms with van der Waals surface area (Å²) in [6.45, 7) is 0. The van der Waals surface area contributed by atoms with Crippen LogP contribution in [0, 0.1) is 0 Å². The summed E-state index contributed by atoms with van der Waals surface area (Å²) in [5, 5.41) is 12.7. The first-order valence-corrected chi connectivity index (χ1v) is 6.93. The van der Waals surface area contributed by atoms with Crippen molar-refractivity contribution in [1.82, 2.24) is 0 Å². The molecular formula is C17H18N2O4. The molecular weight excluding hydrogens is 296 g/mol. The Morgan fingerprint density at radius 1 is 1.09 bits per heavy atom. The predicted molar refractivity (Wildman–Crippen MR) is 88.2 cm³/mol. The Morgan fingerprint density at radius 2 is 1.74 bits per heavy atom. The highest BCUT2D eigenvalue weighted by Gasteiger charge is 2.16. The first-order chi connectivity index (χ1) is 10.9. The molecule has 0 heterocycles. The van der Waals surface area contributed by atoms with Crippen molar-refractivity contribution >= 4 is 23.3 Å². The molecule has 2 aromatic rings. The summed E-state index contributed by atoms with van der Waals surface area (Å²) in [6, 6.07) is 11.5. The van der Waals surface area contributed by atoms with Crippen LogP contribution in [-0.2, 0) is 4.74 Å². The molecule has 0 saturated carbocycles. The zero-order valence-electron chi connectivity index (χ0n) is 13.2. The topological polar surface area (TPSA) is 78.9 Å². The Labute approximate surface area is 134 Å². The molecule has 0 spiro atoms. The molecule has 23 heavy (non-hydrogen) atoms. The number of aromatic hydroxyl groups is 1. The van der Waals surface area contributed by atoms with E-state index in [1.165, 1.54) is 19.2 Å². The lowest BCUT2D eigenvalue weighted by Crippen LogP contribution is -2.14. The van der Waals surface area contributed by atoms with E-state index in [0.717, 1.165) is 5.69 Å². The molecule has 2 rings (SSSR count). The second-order valence-electron chi connectivity index (χ2n) is 5.09. The van der Waals surface area contributed by atoms with E-state index in [9.17, 15) is 14.7 Å². The van der Waals surface area contributed by atoms with Gasteiger partial charge in [-0.05, 0) is 36.4 Å². The first-order valence-electron chi connectivity index (χ1n) is 6.93. The van der Waals surface area contributed by atoms with Crippen LogP contribution in [0.5, 0.6) is 5.75 Å². The number of hydrogen-bond acceptors (Lipinski definition) is 5. The van der Waals surface area contributed by atoms with E-state index >= 15 is 0 Å². The summed E-state index contributed by atoms with van der Waals surface area (Å²) in [5.41, 5.74) is 1.55. The Bertz CT molecular complexity index is 724. The van der Waals surface area contributed by atoms with Gasteiger partial charge in [0.2, 0.25) is 0 Å². The van der Waals surface area contributed by atoms with Crippen LogP contribution in [0.1, 0.15) is 20.7 Å². The SMILES string of the molecule is COC(=O)c1cccc(NC(=O)c2ccc(N(C)C)cc2)c1O. The molecule has 0 atom stereocenters. The zero-order chi connectivity index (χ0) is 17.0. The highest BCUT2D eigenvalue weighted by molar-refractivity contribution is 6.06. The smallest absolute Gasteiger partial charge is 0.341 e. The average molecular weight is 314 g/mol. The summed E-state index contributed by atoms with van der Waals surface area (Å²) < 4.78 is 4.58. The van der Waals surface area contributed by atoms with E-state index in [0.29, 0.717) is 5.56 Å². The number of ether oxygens (including phenoxy) is 1. The van der Waals surface area contributed by atoms with Gasteiger partial charge in [-0.15, -0.1) is 0 Å². The molecule has 6 heteroatoms. The van der Waals surface area contributed by atoms with Crippen molar-refractivity contribution < 1.29 is 19.4 Å². The largest absolute Gasteiger partial charge is 0.505 e. The van der Waals surface area contributed by atoms with Crippen molar-refractivity contribution in [3.8, 4) is 5.75 Å². The van der Waals surface area contributed by atoms with Gasteiger partial charge in [-0.25, -0.2) is 4.79 Å². The molecule has 2 N–H and O–H groups in total. The number of hydrogen-bond donors (Lipinski definition) is 2. The zero-order valence-corrected chi connectivity index (χ0v) is 13.2. The second-order valence-corrected chi connectivity index (χ2v) is 5.09. The quantitative estimate of drug-likeness (QED) is 0.669. The number of nitrogens with zero attached hydrogens (tertiary/aromatic N) is 1. The third-order valence-corrected chi connectivity index (χ3v) is 3.34. The number of carbonyl (C=O) groups excluding carboxylic acids is 2. The van der Waals surface area contributed by atoms with Crippen LogP contribution >= 0.6 is 0 Å². The number of carbonyl (C=O) groups is 2. The van der Waals surface area contributed by atoms with Crippen LogP contribution in [0.2, 0.25) is 0 Å². The van der Waals surface area contributed by atoms with Gasteiger partial charge in [-0.1, -0.05) is 6.07 Å². The normalized spacial score (nSPS) is 10.0. The van der Waals surface area contributed by atoms with E-state index in [1.54, 1.807) is 18.2 Å². The van der Waals surface area contributed by atoms with E-state index in [2.05, 4.69) is 10.1 Å². The average Bonchev–Trinajstić information content (AvgIpc) is 2.56. The molecule has 120 valence electrons. The van der Waals surface area contributed by atoms with Crippen molar-refractivity contribution in [1.29, 1.82) is 0 Å². The van der Waals surface area contributed by atoms with Gasteiger partial charge in [0.15, 0.2) is 5.75 Å². The molecule has 1 amide bonds. The minimum atomic E-state index is -0.672. The molecule has 2 aromatic carbocycles. The summed E-state index contributed by atoms with van der Waals surface area (Å²) in [5.74, 6) is -1.38. The van der Waals surface area contributed by atoms with Crippen molar-refractivity contribution in [2.24, 2.45) is 0 Å². The molecule has 0 aliphatic rings. The lowest BCUT2D eigenvalue weighted by atomic mass is 10.1. The standard InChI is InChI=1S/C17H18N2O4/c1-19(2)12-9-7-11(8-10-12)16(21)18-14-6-4-5-13(15(14)20)17(22)23-3/h4-10,20H,1-3H3,(H,18,21). The second kappa shape index (κ2) is 6.83. The minimum absolute atomic E-state index is 0.00624. The van der Waals surface area contributed by atoms with Crippen LogP contribution in [-0.4, -0.2) is 38.2 Å².